The monoisotopic (exact) mass is 275 g/mol. The largest absolute Gasteiger partial charge is 0.399 e. The highest BCUT2D eigenvalue weighted by atomic mass is 16.5. The zero-order valence-electron chi connectivity index (χ0n) is 12.6. The van der Waals surface area contributed by atoms with E-state index in [1.807, 2.05) is 12.1 Å². The SMILES string of the molecule is CCCOCCCn1c(CCC)nc2cc(N)ccc21. The highest BCUT2D eigenvalue weighted by Crippen LogP contribution is 2.20. The Hall–Kier alpha value is -1.55. The molecule has 0 fully saturated rings. The summed E-state index contributed by atoms with van der Waals surface area (Å²) in [5.41, 5.74) is 8.80. The van der Waals surface area contributed by atoms with Crippen LogP contribution in [0.15, 0.2) is 18.2 Å². The minimum Gasteiger partial charge on any atom is -0.399 e. The number of aromatic nitrogens is 2. The van der Waals surface area contributed by atoms with E-state index in [0.29, 0.717) is 0 Å². The molecule has 2 aromatic rings. The maximum Gasteiger partial charge on any atom is 0.109 e. The van der Waals surface area contributed by atoms with Crippen molar-refractivity contribution in [2.24, 2.45) is 0 Å². The lowest BCUT2D eigenvalue weighted by molar-refractivity contribution is 0.129. The first-order valence-electron chi connectivity index (χ1n) is 7.58. The first kappa shape index (κ1) is 14.9. The molecular weight excluding hydrogens is 250 g/mol. The van der Waals surface area contributed by atoms with Gasteiger partial charge in [0.15, 0.2) is 0 Å². The Bertz CT molecular complexity index is 548. The molecule has 0 aliphatic heterocycles. The summed E-state index contributed by atoms with van der Waals surface area (Å²) in [7, 11) is 0. The number of rotatable bonds is 8. The molecule has 0 bridgehead atoms. The summed E-state index contributed by atoms with van der Waals surface area (Å²) in [5.74, 6) is 1.16. The molecule has 110 valence electrons. The van der Waals surface area contributed by atoms with Crippen LogP contribution in [0.25, 0.3) is 11.0 Å². The van der Waals surface area contributed by atoms with Gasteiger partial charge >= 0.3 is 0 Å². The number of benzene rings is 1. The molecule has 0 aliphatic rings. The summed E-state index contributed by atoms with van der Waals surface area (Å²) in [6.45, 7) is 6.94. The van der Waals surface area contributed by atoms with Gasteiger partial charge in [0, 0.05) is 31.9 Å². The maximum atomic E-state index is 5.84. The van der Waals surface area contributed by atoms with E-state index >= 15 is 0 Å². The first-order valence-corrected chi connectivity index (χ1v) is 7.58. The zero-order valence-corrected chi connectivity index (χ0v) is 12.6. The van der Waals surface area contributed by atoms with E-state index in [1.165, 1.54) is 5.52 Å². The van der Waals surface area contributed by atoms with Gasteiger partial charge in [0.05, 0.1) is 11.0 Å². The van der Waals surface area contributed by atoms with Crippen molar-refractivity contribution in [3.05, 3.63) is 24.0 Å². The van der Waals surface area contributed by atoms with Crippen LogP contribution in [0.2, 0.25) is 0 Å². The molecular formula is C16H25N3O. The van der Waals surface area contributed by atoms with Crippen LogP contribution in [0.1, 0.15) is 38.9 Å². The molecule has 0 amide bonds. The second-order valence-corrected chi connectivity index (χ2v) is 5.14. The molecule has 0 radical (unpaired) electrons. The molecule has 0 atom stereocenters. The lowest BCUT2D eigenvalue weighted by atomic mass is 10.2. The third-order valence-corrected chi connectivity index (χ3v) is 3.34. The van der Waals surface area contributed by atoms with E-state index in [1.54, 1.807) is 0 Å². The Morgan fingerprint density at radius 2 is 2.05 bits per heavy atom. The summed E-state index contributed by atoms with van der Waals surface area (Å²) in [6.07, 6.45) is 4.20. The van der Waals surface area contributed by atoms with Crippen LogP contribution in [-0.4, -0.2) is 22.8 Å². The number of nitrogens with zero attached hydrogens (tertiary/aromatic N) is 2. The molecule has 0 saturated heterocycles. The fourth-order valence-electron chi connectivity index (χ4n) is 2.43. The molecule has 20 heavy (non-hydrogen) atoms. The Morgan fingerprint density at radius 1 is 1.20 bits per heavy atom. The standard InChI is InChI=1S/C16H25N3O/c1-3-6-16-18-14-12-13(17)7-8-15(14)19(16)9-5-11-20-10-4-2/h7-8,12H,3-6,9-11,17H2,1-2H3. The van der Waals surface area contributed by atoms with Crippen molar-refractivity contribution in [3.8, 4) is 0 Å². The van der Waals surface area contributed by atoms with Crippen molar-refractivity contribution in [1.29, 1.82) is 0 Å². The molecule has 2 N–H and O–H groups in total. The van der Waals surface area contributed by atoms with Gasteiger partial charge in [-0.1, -0.05) is 13.8 Å². The van der Waals surface area contributed by atoms with E-state index < -0.39 is 0 Å². The molecule has 4 nitrogen and oxygen atoms in total. The van der Waals surface area contributed by atoms with E-state index in [-0.39, 0.29) is 0 Å². The van der Waals surface area contributed by atoms with Gasteiger partial charge in [0.2, 0.25) is 0 Å². The number of nitrogen functional groups attached to an aromatic ring is 1. The molecule has 0 aliphatic carbocycles. The van der Waals surface area contributed by atoms with Crippen molar-refractivity contribution in [1.82, 2.24) is 9.55 Å². The van der Waals surface area contributed by atoms with E-state index in [4.69, 9.17) is 15.5 Å². The molecule has 1 aromatic heterocycles. The number of aryl methyl sites for hydroxylation is 2. The lowest BCUT2D eigenvalue weighted by Crippen LogP contribution is -2.07. The van der Waals surface area contributed by atoms with Gasteiger partial charge in [-0.2, -0.15) is 0 Å². The first-order chi connectivity index (χ1) is 9.76. The third-order valence-electron chi connectivity index (χ3n) is 3.34. The van der Waals surface area contributed by atoms with Gasteiger partial charge in [0.25, 0.3) is 0 Å². The van der Waals surface area contributed by atoms with Crippen LogP contribution >= 0.6 is 0 Å². The molecule has 4 heteroatoms. The van der Waals surface area contributed by atoms with E-state index in [9.17, 15) is 0 Å². The fraction of sp³-hybridized carbons (Fsp3) is 0.562. The van der Waals surface area contributed by atoms with E-state index in [0.717, 1.165) is 62.5 Å². The minimum absolute atomic E-state index is 0.775. The van der Waals surface area contributed by atoms with Gasteiger partial charge in [0.1, 0.15) is 5.82 Å². The highest BCUT2D eigenvalue weighted by Gasteiger charge is 2.09. The van der Waals surface area contributed by atoms with Gasteiger partial charge in [-0.25, -0.2) is 4.98 Å². The molecule has 0 saturated carbocycles. The van der Waals surface area contributed by atoms with Crippen molar-refractivity contribution in [2.75, 3.05) is 18.9 Å². The van der Waals surface area contributed by atoms with E-state index in [2.05, 4.69) is 24.5 Å². The maximum absolute atomic E-state index is 5.84. The molecule has 1 heterocycles. The van der Waals surface area contributed by atoms with Crippen LogP contribution < -0.4 is 5.73 Å². The van der Waals surface area contributed by atoms with Crippen molar-refractivity contribution < 1.29 is 4.74 Å². The number of fused-ring (bicyclic) bond motifs is 1. The van der Waals surface area contributed by atoms with Crippen LogP contribution in [-0.2, 0) is 17.7 Å². The molecule has 0 unspecified atom stereocenters. The quantitative estimate of drug-likeness (QED) is 0.593. The topological polar surface area (TPSA) is 53.1 Å². The Morgan fingerprint density at radius 3 is 2.80 bits per heavy atom. The Kier molecular flexibility index (Phi) is 5.41. The van der Waals surface area contributed by atoms with Gasteiger partial charge in [-0.3, -0.25) is 0 Å². The zero-order chi connectivity index (χ0) is 14.4. The number of imidazole rings is 1. The van der Waals surface area contributed by atoms with Crippen molar-refractivity contribution in [2.45, 2.75) is 46.1 Å². The summed E-state index contributed by atoms with van der Waals surface area (Å²) in [6, 6.07) is 5.98. The van der Waals surface area contributed by atoms with Crippen molar-refractivity contribution in [3.63, 3.8) is 0 Å². The molecule has 1 aromatic carbocycles. The molecule has 0 spiro atoms. The van der Waals surface area contributed by atoms with Crippen LogP contribution in [0.3, 0.4) is 0 Å². The number of hydrogen-bond donors (Lipinski definition) is 1. The average Bonchev–Trinajstić information content (AvgIpc) is 2.76. The van der Waals surface area contributed by atoms with Gasteiger partial charge in [-0.15, -0.1) is 0 Å². The summed E-state index contributed by atoms with van der Waals surface area (Å²) >= 11 is 0. The van der Waals surface area contributed by atoms with Crippen LogP contribution in [0, 0.1) is 0 Å². The fourth-order valence-corrected chi connectivity index (χ4v) is 2.43. The Balaban J connectivity index is 2.13. The van der Waals surface area contributed by atoms with Crippen LogP contribution in [0.4, 0.5) is 5.69 Å². The number of anilines is 1. The minimum atomic E-state index is 0.775. The number of hydrogen-bond acceptors (Lipinski definition) is 3. The second kappa shape index (κ2) is 7.29. The summed E-state index contributed by atoms with van der Waals surface area (Å²) < 4.78 is 7.87. The Labute approximate surface area is 120 Å². The smallest absolute Gasteiger partial charge is 0.109 e. The summed E-state index contributed by atoms with van der Waals surface area (Å²) in [5, 5.41) is 0. The van der Waals surface area contributed by atoms with Crippen molar-refractivity contribution >= 4 is 16.7 Å². The predicted octanol–water partition coefficient (Wildman–Crippen LogP) is 3.39. The average molecular weight is 275 g/mol. The normalized spacial score (nSPS) is 11.3. The van der Waals surface area contributed by atoms with Gasteiger partial charge in [-0.05, 0) is 37.5 Å². The highest BCUT2D eigenvalue weighted by molar-refractivity contribution is 5.79. The second-order valence-electron chi connectivity index (χ2n) is 5.14. The number of ether oxygens (including phenoxy) is 1. The third kappa shape index (κ3) is 3.51. The van der Waals surface area contributed by atoms with Crippen LogP contribution in [0.5, 0.6) is 0 Å². The molecule has 2 rings (SSSR count). The predicted molar refractivity (Wildman–Crippen MR) is 83.9 cm³/mol. The summed E-state index contributed by atoms with van der Waals surface area (Å²) in [4.78, 5) is 4.72. The van der Waals surface area contributed by atoms with Gasteiger partial charge < -0.3 is 15.0 Å². The lowest BCUT2D eigenvalue weighted by Gasteiger charge is -2.09. The number of nitrogens with two attached hydrogens (primary N) is 1.